The van der Waals surface area contributed by atoms with Gasteiger partial charge in [-0.1, -0.05) is 43.6 Å². The first-order chi connectivity index (χ1) is 12.1. The van der Waals surface area contributed by atoms with Crippen molar-refractivity contribution in [2.45, 2.75) is 26.4 Å². The Morgan fingerprint density at radius 2 is 2.16 bits per heavy atom. The molecule has 0 radical (unpaired) electrons. The second kappa shape index (κ2) is 10.6. The van der Waals surface area contributed by atoms with Crippen LogP contribution in [0.25, 0.3) is 0 Å². The number of ether oxygens (including phenoxy) is 1. The summed E-state index contributed by atoms with van der Waals surface area (Å²) in [6.45, 7) is 10.00. The van der Waals surface area contributed by atoms with Crippen molar-refractivity contribution in [1.29, 1.82) is 0 Å². The molecular weight excluding hydrogens is 336 g/mol. The number of nitrogens with one attached hydrogen (secondary N) is 2. The molecule has 0 aromatic heterocycles. The van der Waals surface area contributed by atoms with Crippen molar-refractivity contribution in [3.05, 3.63) is 34.9 Å². The van der Waals surface area contributed by atoms with Crippen molar-refractivity contribution < 1.29 is 4.74 Å². The normalized spacial score (nSPS) is 19.2. The van der Waals surface area contributed by atoms with E-state index < -0.39 is 0 Å². The molecule has 0 saturated carbocycles. The van der Waals surface area contributed by atoms with Crippen molar-refractivity contribution >= 4 is 17.6 Å². The van der Waals surface area contributed by atoms with E-state index in [4.69, 9.17) is 16.3 Å². The first-order valence-corrected chi connectivity index (χ1v) is 9.48. The topological polar surface area (TPSA) is 48.9 Å². The van der Waals surface area contributed by atoms with Gasteiger partial charge in [-0.15, -0.1) is 0 Å². The Morgan fingerprint density at radius 3 is 2.88 bits per heavy atom. The highest BCUT2D eigenvalue weighted by Crippen LogP contribution is 2.14. The molecular formula is C19H31ClN4O. The Morgan fingerprint density at radius 1 is 1.36 bits per heavy atom. The van der Waals surface area contributed by atoms with E-state index in [1.165, 1.54) is 0 Å². The highest BCUT2D eigenvalue weighted by molar-refractivity contribution is 6.31. The smallest absolute Gasteiger partial charge is 0.191 e. The fourth-order valence-electron chi connectivity index (χ4n) is 3.03. The highest BCUT2D eigenvalue weighted by atomic mass is 35.5. The van der Waals surface area contributed by atoms with E-state index in [0.29, 0.717) is 5.92 Å². The molecule has 2 rings (SSSR count). The van der Waals surface area contributed by atoms with Crippen LogP contribution in [0.1, 0.15) is 19.4 Å². The van der Waals surface area contributed by atoms with Crippen molar-refractivity contribution in [2.75, 3.05) is 46.4 Å². The third kappa shape index (κ3) is 7.22. The molecule has 0 bridgehead atoms. The van der Waals surface area contributed by atoms with E-state index in [1.54, 1.807) is 7.05 Å². The lowest BCUT2D eigenvalue weighted by Gasteiger charge is -2.34. The van der Waals surface area contributed by atoms with Crippen LogP contribution in [0, 0.1) is 5.92 Å². The molecule has 5 nitrogen and oxygen atoms in total. The predicted molar refractivity (Wildman–Crippen MR) is 106 cm³/mol. The number of morpholine rings is 1. The van der Waals surface area contributed by atoms with Crippen molar-refractivity contribution in [3.63, 3.8) is 0 Å². The predicted octanol–water partition coefficient (Wildman–Crippen LogP) is 2.40. The first-order valence-electron chi connectivity index (χ1n) is 9.10. The minimum absolute atomic E-state index is 0.203. The SMILES string of the molecule is CN=C(NCCc1ccccc1Cl)NCC1CN(CC(C)C)CCO1. The van der Waals surface area contributed by atoms with Gasteiger partial charge in [-0.25, -0.2) is 0 Å². The standard InChI is InChI=1S/C19H31ClN4O/c1-15(2)13-24-10-11-25-17(14-24)12-23-19(21-3)22-9-8-16-6-4-5-7-18(16)20/h4-7,15,17H,8-14H2,1-3H3,(H2,21,22,23). The number of guanidine groups is 1. The molecule has 2 N–H and O–H groups in total. The summed E-state index contributed by atoms with van der Waals surface area (Å²) in [5.41, 5.74) is 1.15. The molecule has 1 fully saturated rings. The van der Waals surface area contributed by atoms with Gasteiger partial charge in [0, 0.05) is 44.8 Å². The summed E-state index contributed by atoms with van der Waals surface area (Å²) in [6.07, 6.45) is 1.07. The van der Waals surface area contributed by atoms with E-state index in [-0.39, 0.29) is 6.10 Å². The number of hydrogen-bond donors (Lipinski definition) is 2. The molecule has 1 atom stereocenters. The maximum atomic E-state index is 6.19. The minimum Gasteiger partial charge on any atom is -0.374 e. The van der Waals surface area contributed by atoms with E-state index in [1.807, 2.05) is 18.2 Å². The van der Waals surface area contributed by atoms with Gasteiger partial charge in [0.25, 0.3) is 0 Å². The van der Waals surface area contributed by atoms with E-state index >= 15 is 0 Å². The zero-order chi connectivity index (χ0) is 18.1. The van der Waals surface area contributed by atoms with Gasteiger partial charge in [-0.05, 0) is 24.0 Å². The number of rotatable bonds is 7. The summed E-state index contributed by atoms with van der Waals surface area (Å²) in [4.78, 5) is 6.77. The molecule has 6 heteroatoms. The van der Waals surface area contributed by atoms with E-state index in [2.05, 4.69) is 40.4 Å². The van der Waals surface area contributed by atoms with Crippen LogP contribution in [0.3, 0.4) is 0 Å². The Bertz CT molecular complexity index is 550. The Kier molecular flexibility index (Phi) is 8.52. The number of benzene rings is 1. The molecule has 1 saturated heterocycles. The molecule has 140 valence electrons. The van der Waals surface area contributed by atoms with Gasteiger partial charge in [0.1, 0.15) is 0 Å². The van der Waals surface area contributed by atoms with Crippen LogP contribution < -0.4 is 10.6 Å². The fraction of sp³-hybridized carbons (Fsp3) is 0.632. The monoisotopic (exact) mass is 366 g/mol. The summed E-state index contributed by atoms with van der Waals surface area (Å²) in [6, 6.07) is 7.94. The summed E-state index contributed by atoms with van der Waals surface area (Å²) >= 11 is 6.19. The third-order valence-electron chi connectivity index (χ3n) is 4.21. The van der Waals surface area contributed by atoms with Crippen LogP contribution >= 0.6 is 11.6 Å². The summed E-state index contributed by atoms with van der Waals surface area (Å²) in [5, 5.41) is 7.52. The van der Waals surface area contributed by atoms with E-state index in [0.717, 1.165) is 62.3 Å². The molecule has 1 aliphatic heterocycles. The lowest BCUT2D eigenvalue weighted by atomic mass is 10.1. The number of hydrogen-bond acceptors (Lipinski definition) is 3. The molecule has 25 heavy (non-hydrogen) atoms. The summed E-state index contributed by atoms with van der Waals surface area (Å²) in [5.74, 6) is 1.49. The van der Waals surface area contributed by atoms with Gasteiger partial charge in [-0.2, -0.15) is 0 Å². The van der Waals surface area contributed by atoms with Crippen LogP contribution in [-0.4, -0.2) is 63.3 Å². The zero-order valence-corrected chi connectivity index (χ0v) is 16.4. The summed E-state index contributed by atoms with van der Waals surface area (Å²) in [7, 11) is 1.79. The lowest BCUT2D eigenvalue weighted by molar-refractivity contribution is -0.0284. The Hall–Kier alpha value is -1.30. The van der Waals surface area contributed by atoms with Crippen LogP contribution in [0.15, 0.2) is 29.3 Å². The van der Waals surface area contributed by atoms with Gasteiger partial charge in [0.2, 0.25) is 0 Å². The van der Waals surface area contributed by atoms with Gasteiger partial charge >= 0.3 is 0 Å². The Labute approximate surface area is 156 Å². The van der Waals surface area contributed by atoms with Gasteiger partial charge in [0.05, 0.1) is 12.7 Å². The highest BCUT2D eigenvalue weighted by Gasteiger charge is 2.21. The first kappa shape index (κ1) is 20.0. The van der Waals surface area contributed by atoms with Crippen LogP contribution in [-0.2, 0) is 11.2 Å². The molecule has 1 unspecified atom stereocenters. The van der Waals surface area contributed by atoms with Crippen LogP contribution in [0.5, 0.6) is 0 Å². The fourth-order valence-corrected chi connectivity index (χ4v) is 3.26. The number of aliphatic imine (C=N–C) groups is 1. The molecule has 1 heterocycles. The van der Waals surface area contributed by atoms with Crippen molar-refractivity contribution in [3.8, 4) is 0 Å². The minimum atomic E-state index is 0.203. The third-order valence-corrected chi connectivity index (χ3v) is 4.58. The molecule has 0 aliphatic carbocycles. The van der Waals surface area contributed by atoms with Crippen LogP contribution in [0.4, 0.5) is 0 Å². The van der Waals surface area contributed by atoms with Crippen molar-refractivity contribution in [1.82, 2.24) is 15.5 Å². The number of nitrogens with zero attached hydrogens (tertiary/aromatic N) is 2. The molecule has 1 aromatic carbocycles. The molecule has 1 aromatic rings. The maximum absolute atomic E-state index is 6.19. The molecule has 0 spiro atoms. The molecule has 0 amide bonds. The zero-order valence-electron chi connectivity index (χ0n) is 15.6. The van der Waals surface area contributed by atoms with Gasteiger partial charge in [-0.3, -0.25) is 9.89 Å². The Balaban J connectivity index is 1.70. The van der Waals surface area contributed by atoms with Gasteiger partial charge < -0.3 is 15.4 Å². The average Bonchev–Trinajstić information content (AvgIpc) is 2.59. The van der Waals surface area contributed by atoms with Crippen molar-refractivity contribution in [2.24, 2.45) is 10.9 Å². The second-order valence-electron chi connectivity index (χ2n) is 6.87. The van der Waals surface area contributed by atoms with Gasteiger partial charge in [0.15, 0.2) is 5.96 Å². The van der Waals surface area contributed by atoms with E-state index in [9.17, 15) is 0 Å². The second-order valence-corrected chi connectivity index (χ2v) is 7.27. The molecule has 1 aliphatic rings. The lowest BCUT2D eigenvalue weighted by Crippen LogP contribution is -2.50. The quantitative estimate of drug-likeness (QED) is 0.574. The van der Waals surface area contributed by atoms with Crippen LogP contribution in [0.2, 0.25) is 5.02 Å². The summed E-state index contributed by atoms with van der Waals surface area (Å²) < 4.78 is 5.87. The number of halogens is 1. The maximum Gasteiger partial charge on any atom is 0.191 e. The average molecular weight is 367 g/mol. The largest absolute Gasteiger partial charge is 0.374 e.